The van der Waals surface area contributed by atoms with Crippen molar-refractivity contribution >= 4 is 29.0 Å². The van der Waals surface area contributed by atoms with Crippen molar-refractivity contribution in [2.45, 2.75) is 12.5 Å². The number of carbonyl (C=O) groups is 1. The van der Waals surface area contributed by atoms with E-state index in [0.717, 1.165) is 17.7 Å². The van der Waals surface area contributed by atoms with Gasteiger partial charge in [0, 0.05) is 25.0 Å². The number of hydrogen-bond donors (Lipinski definition) is 0. The number of carbonyl (C=O) groups excluding carboxylic acids is 1. The van der Waals surface area contributed by atoms with E-state index in [1.54, 1.807) is 9.80 Å². The SMILES string of the molecule is O=C(C1CN(c2ncc(Cl)cc2F)CCO1)N1CCc2ccccc21. The van der Waals surface area contributed by atoms with Crippen molar-refractivity contribution in [2.24, 2.45) is 0 Å². The molecular formula is C18H17ClFN3O2. The average molecular weight is 362 g/mol. The molecule has 0 radical (unpaired) electrons. The molecule has 25 heavy (non-hydrogen) atoms. The van der Waals surface area contributed by atoms with E-state index in [0.29, 0.717) is 19.7 Å². The Bertz CT molecular complexity index is 817. The van der Waals surface area contributed by atoms with Crippen LogP contribution < -0.4 is 9.80 Å². The van der Waals surface area contributed by atoms with E-state index in [9.17, 15) is 9.18 Å². The van der Waals surface area contributed by atoms with Crippen molar-refractivity contribution in [3.05, 3.63) is 52.9 Å². The molecule has 0 bridgehead atoms. The van der Waals surface area contributed by atoms with Crippen LogP contribution in [-0.4, -0.2) is 43.2 Å². The van der Waals surface area contributed by atoms with Crippen LogP contribution in [-0.2, 0) is 16.0 Å². The summed E-state index contributed by atoms with van der Waals surface area (Å²) in [5.74, 6) is -0.386. The first-order valence-electron chi connectivity index (χ1n) is 8.20. The molecule has 2 aliphatic rings. The van der Waals surface area contributed by atoms with Gasteiger partial charge >= 0.3 is 0 Å². The van der Waals surface area contributed by atoms with Gasteiger partial charge < -0.3 is 14.5 Å². The van der Waals surface area contributed by atoms with Crippen LogP contribution in [0.1, 0.15) is 5.56 Å². The van der Waals surface area contributed by atoms with Crippen LogP contribution in [0.3, 0.4) is 0 Å². The van der Waals surface area contributed by atoms with Gasteiger partial charge in [-0.3, -0.25) is 4.79 Å². The Morgan fingerprint density at radius 1 is 1.32 bits per heavy atom. The summed E-state index contributed by atoms with van der Waals surface area (Å²) in [4.78, 5) is 20.5. The molecule has 5 nitrogen and oxygen atoms in total. The minimum atomic E-state index is -0.642. The molecule has 1 saturated heterocycles. The van der Waals surface area contributed by atoms with Crippen LogP contribution in [0, 0.1) is 5.82 Å². The van der Waals surface area contributed by atoms with Crippen LogP contribution in [0.25, 0.3) is 0 Å². The van der Waals surface area contributed by atoms with Crippen molar-refractivity contribution < 1.29 is 13.9 Å². The summed E-state index contributed by atoms with van der Waals surface area (Å²) in [6.07, 6.45) is 1.60. The highest BCUT2D eigenvalue weighted by Gasteiger charge is 2.34. The number of hydrogen-bond acceptors (Lipinski definition) is 4. The highest BCUT2D eigenvalue weighted by molar-refractivity contribution is 6.30. The molecule has 0 saturated carbocycles. The Morgan fingerprint density at radius 3 is 3.00 bits per heavy atom. The van der Waals surface area contributed by atoms with Crippen LogP contribution in [0.15, 0.2) is 36.5 Å². The normalized spacial score (nSPS) is 19.8. The highest BCUT2D eigenvalue weighted by atomic mass is 35.5. The fourth-order valence-electron chi connectivity index (χ4n) is 3.37. The fourth-order valence-corrected chi connectivity index (χ4v) is 3.52. The van der Waals surface area contributed by atoms with Crippen LogP contribution in [0.2, 0.25) is 5.02 Å². The Kier molecular flexibility index (Phi) is 4.31. The number of para-hydroxylation sites is 1. The first kappa shape index (κ1) is 16.3. The molecule has 1 fully saturated rings. The van der Waals surface area contributed by atoms with Crippen LogP contribution in [0.4, 0.5) is 15.9 Å². The van der Waals surface area contributed by atoms with E-state index < -0.39 is 11.9 Å². The Labute approximate surface area is 150 Å². The average Bonchev–Trinajstić information content (AvgIpc) is 3.05. The van der Waals surface area contributed by atoms with Gasteiger partial charge in [-0.05, 0) is 24.1 Å². The summed E-state index contributed by atoms with van der Waals surface area (Å²) in [6, 6.07) is 9.10. The Morgan fingerprint density at radius 2 is 2.16 bits per heavy atom. The second kappa shape index (κ2) is 6.61. The lowest BCUT2D eigenvalue weighted by atomic mass is 10.2. The van der Waals surface area contributed by atoms with Gasteiger partial charge in [0.15, 0.2) is 17.7 Å². The summed E-state index contributed by atoms with van der Waals surface area (Å²) < 4.78 is 19.8. The monoisotopic (exact) mass is 361 g/mol. The number of rotatable bonds is 2. The number of pyridine rings is 1. The second-order valence-electron chi connectivity index (χ2n) is 6.13. The molecule has 0 aliphatic carbocycles. The zero-order valence-corrected chi connectivity index (χ0v) is 14.2. The molecule has 2 aliphatic heterocycles. The number of anilines is 2. The number of morpholine rings is 1. The number of halogens is 2. The van der Waals surface area contributed by atoms with Crippen LogP contribution >= 0.6 is 11.6 Å². The van der Waals surface area contributed by atoms with E-state index in [4.69, 9.17) is 16.3 Å². The number of fused-ring (bicyclic) bond motifs is 1. The third kappa shape index (κ3) is 3.07. The molecule has 4 rings (SSSR count). The summed E-state index contributed by atoms with van der Waals surface area (Å²) >= 11 is 5.76. The van der Waals surface area contributed by atoms with Gasteiger partial charge in [0.25, 0.3) is 5.91 Å². The maximum Gasteiger partial charge on any atom is 0.257 e. The molecule has 2 aromatic rings. The largest absolute Gasteiger partial charge is 0.365 e. The van der Waals surface area contributed by atoms with Gasteiger partial charge in [-0.2, -0.15) is 0 Å². The number of aromatic nitrogens is 1. The lowest BCUT2D eigenvalue weighted by molar-refractivity contribution is -0.130. The minimum absolute atomic E-state index is 0.0935. The van der Waals surface area contributed by atoms with E-state index in [-0.39, 0.29) is 23.3 Å². The smallest absolute Gasteiger partial charge is 0.257 e. The summed E-state index contributed by atoms with van der Waals surface area (Å²) in [6.45, 7) is 1.73. The molecule has 1 amide bonds. The summed E-state index contributed by atoms with van der Waals surface area (Å²) in [5, 5.41) is 0.246. The van der Waals surface area contributed by atoms with Crippen molar-refractivity contribution in [1.82, 2.24) is 4.98 Å². The van der Waals surface area contributed by atoms with E-state index >= 15 is 0 Å². The van der Waals surface area contributed by atoms with Gasteiger partial charge in [-0.1, -0.05) is 29.8 Å². The standard InChI is InChI=1S/C18H17ClFN3O2/c19-13-9-14(20)17(21-10-13)22-7-8-25-16(11-22)18(24)23-6-5-12-3-1-2-4-15(12)23/h1-4,9-10,16H,5-8,11H2. The number of ether oxygens (including phenoxy) is 1. The number of benzene rings is 1. The number of amides is 1. The van der Waals surface area contributed by atoms with Crippen molar-refractivity contribution in [3.8, 4) is 0 Å². The maximum absolute atomic E-state index is 14.1. The molecule has 1 aromatic heterocycles. The van der Waals surface area contributed by atoms with Gasteiger partial charge in [-0.25, -0.2) is 9.37 Å². The zero-order valence-electron chi connectivity index (χ0n) is 13.5. The second-order valence-corrected chi connectivity index (χ2v) is 6.57. The Hall–Kier alpha value is -2.18. The fraction of sp³-hybridized carbons (Fsp3) is 0.333. The quantitative estimate of drug-likeness (QED) is 0.825. The van der Waals surface area contributed by atoms with Gasteiger partial charge in [0.1, 0.15) is 0 Å². The first-order valence-corrected chi connectivity index (χ1v) is 8.58. The van der Waals surface area contributed by atoms with Gasteiger partial charge in [0.05, 0.1) is 18.2 Å². The van der Waals surface area contributed by atoms with Crippen molar-refractivity contribution in [1.29, 1.82) is 0 Å². The van der Waals surface area contributed by atoms with E-state index in [1.807, 2.05) is 24.3 Å². The molecule has 1 unspecified atom stereocenters. The molecule has 7 heteroatoms. The van der Waals surface area contributed by atoms with Gasteiger partial charge in [-0.15, -0.1) is 0 Å². The molecule has 1 atom stereocenters. The molecule has 0 N–H and O–H groups in total. The van der Waals surface area contributed by atoms with E-state index in [1.165, 1.54) is 12.3 Å². The van der Waals surface area contributed by atoms with Crippen molar-refractivity contribution in [2.75, 3.05) is 36.0 Å². The summed E-state index contributed by atoms with van der Waals surface area (Å²) in [7, 11) is 0. The molecule has 3 heterocycles. The van der Waals surface area contributed by atoms with Crippen molar-refractivity contribution in [3.63, 3.8) is 0 Å². The lowest BCUT2D eigenvalue weighted by Gasteiger charge is -2.34. The summed E-state index contributed by atoms with van der Waals surface area (Å²) in [5.41, 5.74) is 2.10. The molecule has 1 aromatic carbocycles. The predicted molar refractivity (Wildman–Crippen MR) is 93.7 cm³/mol. The first-order chi connectivity index (χ1) is 12.1. The third-order valence-corrected chi connectivity index (χ3v) is 4.79. The highest BCUT2D eigenvalue weighted by Crippen LogP contribution is 2.29. The predicted octanol–water partition coefficient (Wildman–Crippen LogP) is 2.67. The Balaban J connectivity index is 1.53. The topological polar surface area (TPSA) is 45.7 Å². The van der Waals surface area contributed by atoms with E-state index in [2.05, 4.69) is 4.98 Å². The zero-order chi connectivity index (χ0) is 17.4. The maximum atomic E-state index is 14.1. The number of nitrogens with zero attached hydrogens (tertiary/aromatic N) is 3. The molecular weight excluding hydrogens is 345 g/mol. The van der Waals surface area contributed by atoms with Crippen LogP contribution in [0.5, 0.6) is 0 Å². The third-order valence-electron chi connectivity index (χ3n) is 4.58. The minimum Gasteiger partial charge on any atom is -0.365 e. The molecule has 130 valence electrons. The lowest BCUT2D eigenvalue weighted by Crippen LogP contribution is -2.51. The van der Waals surface area contributed by atoms with Gasteiger partial charge in [0.2, 0.25) is 0 Å². The molecule has 0 spiro atoms.